The standard InChI is InChI=1S/C14H23NO6/c1-14(2,3)21-13(19)15-7-9-5-8(12(18)20-4)6-10(16)11(9)17/h6,9-11,16-17H,5,7H2,1-4H3,(H,15,19)/t9-,10-,11+/m0/s1. The van der Waals surface area contributed by atoms with E-state index in [-0.39, 0.29) is 18.5 Å². The smallest absolute Gasteiger partial charge is 0.407 e. The van der Waals surface area contributed by atoms with Crippen molar-refractivity contribution in [2.45, 2.75) is 45.0 Å². The van der Waals surface area contributed by atoms with E-state index in [0.29, 0.717) is 0 Å². The summed E-state index contributed by atoms with van der Waals surface area (Å²) in [5.41, 5.74) is -0.336. The van der Waals surface area contributed by atoms with Gasteiger partial charge in [0.2, 0.25) is 0 Å². The van der Waals surface area contributed by atoms with Crippen molar-refractivity contribution >= 4 is 12.1 Å². The zero-order valence-electron chi connectivity index (χ0n) is 12.8. The Balaban J connectivity index is 2.61. The first-order valence-corrected chi connectivity index (χ1v) is 6.76. The van der Waals surface area contributed by atoms with Gasteiger partial charge >= 0.3 is 12.1 Å². The zero-order chi connectivity index (χ0) is 16.2. The molecule has 0 spiro atoms. The van der Waals surface area contributed by atoms with Gasteiger partial charge in [0.1, 0.15) is 5.60 Å². The molecule has 0 unspecified atom stereocenters. The molecule has 7 heteroatoms. The summed E-state index contributed by atoms with van der Waals surface area (Å²) >= 11 is 0. The van der Waals surface area contributed by atoms with Crippen LogP contribution in [0, 0.1) is 5.92 Å². The Bertz CT molecular complexity index is 426. The molecule has 21 heavy (non-hydrogen) atoms. The van der Waals surface area contributed by atoms with Crippen molar-refractivity contribution in [1.82, 2.24) is 5.32 Å². The van der Waals surface area contributed by atoms with Gasteiger partial charge < -0.3 is 25.0 Å². The van der Waals surface area contributed by atoms with Crippen molar-refractivity contribution < 1.29 is 29.3 Å². The van der Waals surface area contributed by atoms with Crippen LogP contribution in [0.5, 0.6) is 0 Å². The number of carbonyl (C=O) groups excluding carboxylic acids is 2. The minimum Gasteiger partial charge on any atom is -0.466 e. The summed E-state index contributed by atoms with van der Waals surface area (Å²) in [6.07, 6.45) is -1.36. The Morgan fingerprint density at radius 3 is 2.52 bits per heavy atom. The summed E-state index contributed by atoms with van der Waals surface area (Å²) in [5, 5.41) is 22.2. The number of aliphatic hydroxyl groups is 2. The fourth-order valence-corrected chi connectivity index (χ4v) is 2.06. The average Bonchev–Trinajstić information content (AvgIpc) is 2.37. The van der Waals surface area contributed by atoms with Gasteiger partial charge in [0.25, 0.3) is 0 Å². The SMILES string of the molecule is COC(=O)C1=C[C@H](O)[C@H](O)[C@H](CNC(=O)OC(C)(C)C)C1. The van der Waals surface area contributed by atoms with E-state index in [1.165, 1.54) is 13.2 Å². The van der Waals surface area contributed by atoms with E-state index in [1.807, 2.05) is 0 Å². The Morgan fingerprint density at radius 2 is 2.00 bits per heavy atom. The molecule has 120 valence electrons. The lowest BCUT2D eigenvalue weighted by atomic mass is 9.84. The maximum Gasteiger partial charge on any atom is 0.407 e. The number of carbonyl (C=O) groups is 2. The second kappa shape index (κ2) is 6.91. The largest absolute Gasteiger partial charge is 0.466 e. The number of amides is 1. The molecule has 0 saturated heterocycles. The lowest BCUT2D eigenvalue weighted by Crippen LogP contribution is -2.44. The van der Waals surface area contributed by atoms with Crippen LogP contribution in [0.25, 0.3) is 0 Å². The number of rotatable bonds is 3. The highest BCUT2D eigenvalue weighted by Gasteiger charge is 2.33. The van der Waals surface area contributed by atoms with Crippen molar-refractivity contribution in [1.29, 1.82) is 0 Å². The zero-order valence-corrected chi connectivity index (χ0v) is 12.8. The Kier molecular flexibility index (Phi) is 5.74. The molecule has 1 aliphatic rings. The monoisotopic (exact) mass is 301 g/mol. The third-order valence-electron chi connectivity index (χ3n) is 3.04. The van der Waals surface area contributed by atoms with Crippen LogP contribution < -0.4 is 5.32 Å². The summed E-state index contributed by atoms with van der Waals surface area (Å²) < 4.78 is 9.69. The van der Waals surface area contributed by atoms with Crippen molar-refractivity contribution in [3.05, 3.63) is 11.6 Å². The molecule has 0 aromatic heterocycles. The van der Waals surface area contributed by atoms with Crippen LogP contribution in [0.3, 0.4) is 0 Å². The van der Waals surface area contributed by atoms with Crippen LogP contribution >= 0.6 is 0 Å². The van der Waals surface area contributed by atoms with Crippen molar-refractivity contribution in [3.63, 3.8) is 0 Å². The first-order valence-electron chi connectivity index (χ1n) is 6.76. The van der Waals surface area contributed by atoms with E-state index < -0.39 is 35.8 Å². The Labute approximate surface area is 123 Å². The molecule has 0 fully saturated rings. The van der Waals surface area contributed by atoms with Crippen LogP contribution in [0.15, 0.2) is 11.6 Å². The van der Waals surface area contributed by atoms with Crippen molar-refractivity contribution in [2.24, 2.45) is 5.92 Å². The molecule has 0 aromatic rings. The number of nitrogens with one attached hydrogen (secondary N) is 1. The number of hydrogen-bond acceptors (Lipinski definition) is 6. The first kappa shape index (κ1) is 17.5. The summed E-state index contributed by atoms with van der Waals surface area (Å²) in [6, 6.07) is 0. The molecule has 1 amide bonds. The number of alkyl carbamates (subject to hydrolysis) is 1. The number of hydrogen-bond donors (Lipinski definition) is 3. The molecule has 0 radical (unpaired) electrons. The number of methoxy groups -OCH3 is 1. The van der Waals surface area contributed by atoms with Crippen LogP contribution in [0.4, 0.5) is 4.79 Å². The Morgan fingerprint density at radius 1 is 1.38 bits per heavy atom. The maximum atomic E-state index is 11.6. The van der Waals surface area contributed by atoms with Crippen molar-refractivity contribution in [3.8, 4) is 0 Å². The predicted octanol–water partition coefficient (Wildman–Crippen LogP) is 0.352. The molecule has 3 N–H and O–H groups in total. The molecule has 1 rings (SSSR count). The molecule has 1 aliphatic carbocycles. The third kappa shape index (κ3) is 5.35. The van der Waals surface area contributed by atoms with Crippen LogP contribution in [-0.2, 0) is 14.3 Å². The molecular formula is C14H23NO6. The van der Waals surface area contributed by atoms with Crippen LogP contribution in [0.1, 0.15) is 27.2 Å². The minimum absolute atomic E-state index is 0.0848. The van der Waals surface area contributed by atoms with E-state index in [4.69, 9.17) is 4.74 Å². The third-order valence-corrected chi connectivity index (χ3v) is 3.04. The molecule has 0 aliphatic heterocycles. The maximum absolute atomic E-state index is 11.6. The van der Waals surface area contributed by atoms with Gasteiger partial charge in [-0.25, -0.2) is 9.59 Å². The molecule has 0 aromatic carbocycles. The lowest BCUT2D eigenvalue weighted by Gasteiger charge is -2.31. The quantitative estimate of drug-likeness (QED) is 0.650. The van der Waals surface area contributed by atoms with Crippen molar-refractivity contribution in [2.75, 3.05) is 13.7 Å². The lowest BCUT2D eigenvalue weighted by molar-refractivity contribution is -0.137. The van der Waals surface area contributed by atoms with Gasteiger partial charge in [-0.05, 0) is 33.3 Å². The van der Waals surface area contributed by atoms with Gasteiger partial charge in [-0.3, -0.25) is 0 Å². The fourth-order valence-electron chi connectivity index (χ4n) is 2.06. The Hall–Kier alpha value is -1.60. The van der Waals surface area contributed by atoms with Gasteiger partial charge in [-0.2, -0.15) is 0 Å². The van der Waals surface area contributed by atoms with E-state index in [1.54, 1.807) is 20.8 Å². The van der Waals surface area contributed by atoms with Crippen LogP contribution in [0.2, 0.25) is 0 Å². The van der Waals surface area contributed by atoms with E-state index in [2.05, 4.69) is 10.1 Å². The summed E-state index contributed by atoms with van der Waals surface area (Å²) in [5.74, 6) is -1.05. The topological polar surface area (TPSA) is 105 Å². The highest BCUT2D eigenvalue weighted by Crippen LogP contribution is 2.25. The minimum atomic E-state index is -1.17. The summed E-state index contributed by atoms with van der Waals surface area (Å²) in [4.78, 5) is 23.1. The highest BCUT2D eigenvalue weighted by molar-refractivity contribution is 5.88. The second-order valence-corrected chi connectivity index (χ2v) is 6.01. The van der Waals surface area contributed by atoms with Gasteiger partial charge in [0.05, 0.1) is 19.3 Å². The van der Waals surface area contributed by atoms with E-state index in [9.17, 15) is 19.8 Å². The molecule has 0 heterocycles. The van der Waals surface area contributed by atoms with Crippen LogP contribution in [-0.4, -0.2) is 53.7 Å². The van der Waals surface area contributed by atoms with Gasteiger partial charge in [-0.1, -0.05) is 0 Å². The molecular weight excluding hydrogens is 278 g/mol. The van der Waals surface area contributed by atoms with Gasteiger partial charge in [0.15, 0.2) is 0 Å². The highest BCUT2D eigenvalue weighted by atomic mass is 16.6. The molecule has 0 saturated carbocycles. The van der Waals surface area contributed by atoms with E-state index in [0.717, 1.165) is 0 Å². The fraction of sp³-hybridized carbons (Fsp3) is 0.714. The molecule has 7 nitrogen and oxygen atoms in total. The summed E-state index contributed by atoms with van der Waals surface area (Å²) in [6.45, 7) is 5.30. The predicted molar refractivity (Wildman–Crippen MR) is 74.5 cm³/mol. The second-order valence-electron chi connectivity index (χ2n) is 6.01. The van der Waals surface area contributed by atoms with Gasteiger partial charge in [0, 0.05) is 18.0 Å². The number of aliphatic hydroxyl groups excluding tert-OH is 2. The number of ether oxygens (including phenoxy) is 2. The summed E-state index contributed by atoms with van der Waals surface area (Å²) in [7, 11) is 1.24. The molecule has 3 atom stereocenters. The normalized spacial score (nSPS) is 25.8. The first-order chi connectivity index (χ1) is 9.64. The molecule has 0 bridgehead atoms. The average molecular weight is 301 g/mol. The van der Waals surface area contributed by atoms with E-state index >= 15 is 0 Å². The van der Waals surface area contributed by atoms with Gasteiger partial charge in [-0.15, -0.1) is 0 Å². The number of esters is 1.